The first-order valence-corrected chi connectivity index (χ1v) is 8.69. The molecule has 2 aliphatic rings. The average molecular weight is 410 g/mol. The average Bonchev–Trinajstić information content (AvgIpc) is 2.42. The van der Waals surface area contributed by atoms with Crippen LogP contribution in [0.1, 0.15) is 38.5 Å². The van der Waals surface area contributed by atoms with Crippen molar-refractivity contribution in [2.75, 3.05) is 0 Å². The molecule has 0 saturated heterocycles. The van der Waals surface area contributed by atoms with Crippen LogP contribution in [0.15, 0.2) is 16.6 Å². The lowest BCUT2D eigenvalue weighted by atomic mass is 9.58. The molecule has 2 saturated carbocycles. The van der Waals surface area contributed by atoms with Gasteiger partial charge in [-0.05, 0) is 41.3 Å². The minimum atomic E-state index is -0.638. The highest BCUT2D eigenvalue weighted by Crippen LogP contribution is 2.56. The Bertz CT molecular complexity index is 492. The van der Waals surface area contributed by atoms with Gasteiger partial charge in [-0.25, -0.2) is 8.78 Å². The van der Waals surface area contributed by atoms with E-state index in [1.165, 1.54) is 25.3 Å². The summed E-state index contributed by atoms with van der Waals surface area (Å²) in [5.41, 5.74) is 0.124. The zero-order valence-electron chi connectivity index (χ0n) is 11.0. The van der Waals surface area contributed by atoms with Crippen molar-refractivity contribution >= 4 is 31.9 Å². The van der Waals surface area contributed by atoms with Gasteiger partial charge in [0.15, 0.2) is 11.6 Å². The highest BCUT2D eigenvalue weighted by atomic mass is 79.9. The van der Waals surface area contributed by atoms with Crippen molar-refractivity contribution in [3.8, 4) is 5.75 Å². The topological polar surface area (TPSA) is 9.23 Å². The smallest absolute Gasteiger partial charge is 0.169 e. The van der Waals surface area contributed by atoms with Gasteiger partial charge in [-0.3, -0.25) is 0 Å². The van der Waals surface area contributed by atoms with Crippen molar-refractivity contribution < 1.29 is 13.5 Å². The molecule has 2 atom stereocenters. The van der Waals surface area contributed by atoms with Crippen LogP contribution in [0.4, 0.5) is 8.78 Å². The van der Waals surface area contributed by atoms with E-state index < -0.39 is 11.6 Å². The summed E-state index contributed by atoms with van der Waals surface area (Å²) in [6.07, 6.45) is 6.81. The molecule has 20 heavy (non-hydrogen) atoms. The minimum absolute atomic E-state index is 0.0171. The zero-order valence-corrected chi connectivity index (χ0v) is 14.1. The Labute approximate surface area is 134 Å². The molecule has 5 heteroatoms. The highest BCUT2D eigenvalue weighted by molar-refractivity contribution is 9.10. The summed E-state index contributed by atoms with van der Waals surface area (Å²) in [6.45, 7) is 0. The lowest BCUT2D eigenvalue weighted by Gasteiger charge is -2.55. The van der Waals surface area contributed by atoms with Crippen LogP contribution in [0.5, 0.6) is 5.75 Å². The van der Waals surface area contributed by atoms with E-state index in [9.17, 15) is 8.78 Å². The van der Waals surface area contributed by atoms with Crippen molar-refractivity contribution in [2.24, 2.45) is 5.41 Å². The van der Waals surface area contributed by atoms with Gasteiger partial charge in [0.25, 0.3) is 0 Å². The number of ether oxygens (including phenoxy) is 1. The second-order valence-corrected chi connectivity index (χ2v) is 7.76. The van der Waals surface area contributed by atoms with Gasteiger partial charge in [-0.15, -0.1) is 0 Å². The fourth-order valence-electron chi connectivity index (χ4n) is 3.49. The molecular formula is C15H16Br2F2O. The molecule has 0 heterocycles. The predicted octanol–water partition coefficient (Wildman–Crippen LogP) is 5.59. The normalized spacial score (nSPS) is 28.2. The van der Waals surface area contributed by atoms with Crippen LogP contribution in [0, 0.1) is 17.0 Å². The Kier molecular flexibility index (Phi) is 4.10. The lowest BCUT2D eigenvalue weighted by Crippen LogP contribution is -2.57. The second kappa shape index (κ2) is 5.56. The van der Waals surface area contributed by atoms with Crippen molar-refractivity contribution in [1.29, 1.82) is 0 Å². The molecule has 3 rings (SSSR count). The number of hydrogen-bond donors (Lipinski definition) is 0. The molecule has 1 spiro atoms. The molecule has 110 valence electrons. The molecule has 0 bridgehead atoms. The molecular weight excluding hydrogens is 394 g/mol. The van der Waals surface area contributed by atoms with Crippen LogP contribution in [0.2, 0.25) is 0 Å². The number of rotatable bonds is 2. The fourth-order valence-corrected chi connectivity index (χ4v) is 5.09. The predicted molar refractivity (Wildman–Crippen MR) is 81.3 cm³/mol. The summed E-state index contributed by atoms with van der Waals surface area (Å²) in [7, 11) is 0. The molecule has 0 aromatic heterocycles. The molecule has 0 amide bonds. The number of hydrogen-bond acceptors (Lipinski definition) is 1. The summed E-state index contributed by atoms with van der Waals surface area (Å²) < 4.78 is 33.3. The van der Waals surface area contributed by atoms with Gasteiger partial charge in [-0.1, -0.05) is 35.2 Å². The second-order valence-electron chi connectivity index (χ2n) is 5.80. The monoisotopic (exact) mass is 408 g/mol. The van der Waals surface area contributed by atoms with Crippen molar-refractivity contribution in [3.05, 3.63) is 28.2 Å². The van der Waals surface area contributed by atoms with E-state index in [0.717, 1.165) is 25.3 Å². The van der Waals surface area contributed by atoms with Crippen molar-refractivity contribution in [1.82, 2.24) is 0 Å². The molecule has 2 aliphatic carbocycles. The maximum absolute atomic E-state index is 13.9. The van der Waals surface area contributed by atoms with Crippen molar-refractivity contribution in [2.45, 2.75) is 49.5 Å². The first-order chi connectivity index (χ1) is 9.53. The Morgan fingerprint density at radius 3 is 2.45 bits per heavy atom. The van der Waals surface area contributed by atoms with Gasteiger partial charge in [0, 0.05) is 16.3 Å². The fraction of sp³-hybridized carbons (Fsp3) is 0.600. The first kappa shape index (κ1) is 14.8. The minimum Gasteiger partial charge on any atom is -0.485 e. The van der Waals surface area contributed by atoms with Gasteiger partial charge in [0.05, 0.1) is 4.47 Å². The quantitative estimate of drug-likeness (QED) is 0.578. The van der Waals surface area contributed by atoms with Gasteiger partial charge in [0.1, 0.15) is 11.9 Å². The van der Waals surface area contributed by atoms with Gasteiger partial charge in [-0.2, -0.15) is 0 Å². The molecule has 2 unspecified atom stereocenters. The van der Waals surface area contributed by atoms with Gasteiger partial charge < -0.3 is 4.74 Å². The Morgan fingerprint density at radius 1 is 1.15 bits per heavy atom. The van der Waals surface area contributed by atoms with Crippen LogP contribution in [0.3, 0.4) is 0 Å². The van der Waals surface area contributed by atoms with Crippen LogP contribution in [-0.4, -0.2) is 10.9 Å². The van der Waals surface area contributed by atoms with Crippen LogP contribution in [-0.2, 0) is 0 Å². The molecule has 0 radical (unpaired) electrons. The summed E-state index contributed by atoms with van der Waals surface area (Å²) in [6, 6.07) is 2.12. The summed E-state index contributed by atoms with van der Waals surface area (Å²) in [5.74, 6) is -1.09. The summed E-state index contributed by atoms with van der Waals surface area (Å²) in [5, 5.41) is 0. The lowest BCUT2D eigenvalue weighted by molar-refractivity contribution is -0.0621. The summed E-state index contributed by atoms with van der Waals surface area (Å²) >= 11 is 6.93. The first-order valence-electron chi connectivity index (χ1n) is 6.98. The van der Waals surface area contributed by atoms with Crippen LogP contribution in [0.25, 0.3) is 0 Å². The highest BCUT2D eigenvalue weighted by Gasteiger charge is 2.55. The Hall–Kier alpha value is -0.160. The van der Waals surface area contributed by atoms with E-state index in [4.69, 9.17) is 4.74 Å². The van der Waals surface area contributed by atoms with E-state index in [1.54, 1.807) is 0 Å². The molecule has 1 aromatic rings. The molecule has 2 fully saturated rings. The summed E-state index contributed by atoms with van der Waals surface area (Å²) in [4.78, 5) is 0.447. The Balaban J connectivity index is 1.82. The van der Waals surface area contributed by atoms with E-state index in [2.05, 4.69) is 31.9 Å². The van der Waals surface area contributed by atoms with Crippen LogP contribution >= 0.6 is 31.9 Å². The number of benzene rings is 1. The van der Waals surface area contributed by atoms with Crippen LogP contribution < -0.4 is 4.74 Å². The van der Waals surface area contributed by atoms with E-state index in [0.29, 0.717) is 9.30 Å². The van der Waals surface area contributed by atoms with E-state index in [1.807, 2.05) is 0 Å². The third kappa shape index (κ3) is 2.41. The third-order valence-corrected chi connectivity index (χ3v) is 6.57. The van der Waals surface area contributed by atoms with Gasteiger partial charge >= 0.3 is 0 Å². The Morgan fingerprint density at radius 2 is 1.85 bits per heavy atom. The van der Waals surface area contributed by atoms with Crippen molar-refractivity contribution in [3.63, 3.8) is 0 Å². The van der Waals surface area contributed by atoms with Gasteiger partial charge in [0.2, 0.25) is 0 Å². The standard InChI is InChI=1S/C15H16Br2F2O/c16-10-6-9(18)7-11(19)14(10)20-13-8-12(17)15(13)4-2-1-3-5-15/h6-7,12-13H,1-5,8H2. The SMILES string of the molecule is Fc1cc(F)c(OC2CC(Br)C23CCCCC3)c(Br)c1. The molecule has 1 nitrogen and oxygen atoms in total. The zero-order chi connectivity index (χ0) is 14.3. The largest absolute Gasteiger partial charge is 0.485 e. The maximum Gasteiger partial charge on any atom is 0.169 e. The maximum atomic E-state index is 13.9. The number of halogens is 4. The molecule has 0 aliphatic heterocycles. The molecule has 1 aromatic carbocycles. The third-order valence-electron chi connectivity index (χ3n) is 4.69. The number of alkyl halides is 1. The molecule has 0 N–H and O–H groups in total. The van der Waals surface area contributed by atoms with E-state index in [-0.39, 0.29) is 17.3 Å². The van der Waals surface area contributed by atoms with E-state index >= 15 is 0 Å².